The van der Waals surface area contributed by atoms with Crippen LogP contribution >= 0.6 is 11.8 Å². The molecule has 0 aliphatic carbocycles. The fourth-order valence-corrected chi connectivity index (χ4v) is 3.03. The maximum atomic E-state index is 13.0. The van der Waals surface area contributed by atoms with Gasteiger partial charge in [0.25, 0.3) is 0 Å². The van der Waals surface area contributed by atoms with E-state index < -0.39 is 5.60 Å². The highest BCUT2D eigenvalue weighted by atomic mass is 32.2. The fraction of sp³-hybridized carbons (Fsp3) is 0.562. The second-order valence-electron chi connectivity index (χ2n) is 5.94. The van der Waals surface area contributed by atoms with Crippen LogP contribution in [0, 0.1) is 5.82 Å². The van der Waals surface area contributed by atoms with Crippen molar-refractivity contribution in [1.82, 2.24) is 0 Å². The molecule has 0 saturated heterocycles. The van der Waals surface area contributed by atoms with E-state index in [0.717, 1.165) is 12.0 Å². The number of esters is 1. The Balaban J connectivity index is 2.71. The number of halogens is 1. The lowest BCUT2D eigenvalue weighted by atomic mass is 10.0. The summed E-state index contributed by atoms with van der Waals surface area (Å²) in [7, 11) is 0. The maximum absolute atomic E-state index is 13.0. The SMILES string of the molecule is CCC(N)C(SCC(=O)OC(C)(C)C)c1ccc(F)cc1. The van der Waals surface area contributed by atoms with Gasteiger partial charge in [-0.3, -0.25) is 4.79 Å². The Hall–Kier alpha value is -1.07. The predicted molar refractivity (Wildman–Crippen MR) is 85.7 cm³/mol. The molecule has 0 amide bonds. The molecule has 0 aromatic heterocycles. The predicted octanol–water partition coefficient (Wildman–Crippen LogP) is 3.68. The van der Waals surface area contributed by atoms with Crippen LogP contribution in [-0.2, 0) is 9.53 Å². The molecule has 0 heterocycles. The van der Waals surface area contributed by atoms with Crippen molar-refractivity contribution in [1.29, 1.82) is 0 Å². The van der Waals surface area contributed by atoms with Crippen LogP contribution < -0.4 is 5.73 Å². The van der Waals surface area contributed by atoms with Gasteiger partial charge in [0, 0.05) is 11.3 Å². The largest absolute Gasteiger partial charge is 0.459 e. The van der Waals surface area contributed by atoms with Crippen LogP contribution in [0.3, 0.4) is 0 Å². The van der Waals surface area contributed by atoms with Gasteiger partial charge in [-0.15, -0.1) is 11.8 Å². The molecule has 118 valence electrons. The number of benzene rings is 1. The molecule has 0 saturated carbocycles. The van der Waals surface area contributed by atoms with E-state index in [1.54, 1.807) is 12.1 Å². The molecule has 2 atom stereocenters. The second-order valence-corrected chi connectivity index (χ2v) is 7.07. The number of hydrogen-bond donors (Lipinski definition) is 1. The van der Waals surface area contributed by atoms with Gasteiger partial charge in [-0.2, -0.15) is 0 Å². The number of ether oxygens (including phenoxy) is 1. The van der Waals surface area contributed by atoms with E-state index >= 15 is 0 Å². The summed E-state index contributed by atoms with van der Waals surface area (Å²) < 4.78 is 18.3. The Morgan fingerprint density at radius 3 is 2.38 bits per heavy atom. The van der Waals surface area contributed by atoms with Crippen molar-refractivity contribution in [2.75, 3.05) is 5.75 Å². The summed E-state index contributed by atoms with van der Waals surface area (Å²) in [6, 6.07) is 6.18. The van der Waals surface area contributed by atoms with Crippen LogP contribution in [0.1, 0.15) is 44.9 Å². The van der Waals surface area contributed by atoms with Crippen molar-refractivity contribution in [3.8, 4) is 0 Å². The van der Waals surface area contributed by atoms with Gasteiger partial charge in [0.2, 0.25) is 0 Å². The Bertz CT molecular complexity index is 456. The monoisotopic (exact) mass is 313 g/mol. The standard InChI is InChI=1S/C16H24FNO2S/c1-5-13(18)15(11-6-8-12(17)9-7-11)21-10-14(19)20-16(2,3)4/h6-9,13,15H,5,10,18H2,1-4H3. The fourth-order valence-electron chi connectivity index (χ4n) is 1.86. The van der Waals surface area contributed by atoms with Crippen molar-refractivity contribution in [3.05, 3.63) is 35.6 Å². The second kappa shape index (κ2) is 7.80. The number of carbonyl (C=O) groups excluding carboxylic acids is 1. The van der Waals surface area contributed by atoms with Crippen molar-refractivity contribution >= 4 is 17.7 Å². The molecule has 0 bridgehead atoms. The molecule has 2 unspecified atom stereocenters. The molecule has 3 nitrogen and oxygen atoms in total. The van der Waals surface area contributed by atoms with Crippen LogP contribution in [0.2, 0.25) is 0 Å². The van der Waals surface area contributed by atoms with Gasteiger partial charge in [0.1, 0.15) is 11.4 Å². The molecule has 0 aliphatic heterocycles. The topological polar surface area (TPSA) is 52.3 Å². The van der Waals surface area contributed by atoms with Crippen molar-refractivity contribution in [2.24, 2.45) is 5.73 Å². The smallest absolute Gasteiger partial charge is 0.316 e. The molecule has 0 spiro atoms. The molecule has 5 heteroatoms. The molecule has 1 aromatic carbocycles. The third-order valence-corrected chi connectivity index (χ3v) is 4.24. The van der Waals surface area contributed by atoms with Crippen molar-refractivity contribution in [3.63, 3.8) is 0 Å². The molecule has 0 fully saturated rings. The summed E-state index contributed by atoms with van der Waals surface area (Å²) in [4.78, 5) is 11.8. The van der Waals surface area contributed by atoms with Crippen LogP contribution in [0.15, 0.2) is 24.3 Å². The zero-order valence-corrected chi connectivity index (χ0v) is 13.9. The first kappa shape index (κ1) is 18.0. The van der Waals surface area contributed by atoms with Gasteiger partial charge >= 0.3 is 5.97 Å². The van der Waals surface area contributed by atoms with Crippen molar-refractivity contribution < 1.29 is 13.9 Å². The lowest BCUT2D eigenvalue weighted by Crippen LogP contribution is -2.28. The van der Waals surface area contributed by atoms with Crippen LogP contribution in [-0.4, -0.2) is 23.4 Å². The molecule has 0 radical (unpaired) electrons. The normalized spacial score (nSPS) is 14.6. The molecule has 2 N–H and O–H groups in total. The minimum Gasteiger partial charge on any atom is -0.459 e. The van der Waals surface area contributed by atoms with E-state index in [9.17, 15) is 9.18 Å². The highest BCUT2D eigenvalue weighted by Gasteiger charge is 2.22. The van der Waals surface area contributed by atoms with Crippen LogP contribution in [0.5, 0.6) is 0 Å². The summed E-state index contributed by atoms with van der Waals surface area (Å²) in [6.45, 7) is 7.51. The van der Waals surface area contributed by atoms with E-state index in [-0.39, 0.29) is 28.8 Å². The van der Waals surface area contributed by atoms with E-state index in [0.29, 0.717) is 0 Å². The summed E-state index contributed by atoms with van der Waals surface area (Å²) in [6.07, 6.45) is 0.781. The van der Waals surface area contributed by atoms with Crippen molar-refractivity contribution in [2.45, 2.75) is 51.0 Å². The summed E-state index contributed by atoms with van der Waals surface area (Å²) in [5.74, 6) is -0.310. The Labute approximate surface area is 130 Å². The molecular weight excluding hydrogens is 289 g/mol. The number of rotatable bonds is 6. The lowest BCUT2D eigenvalue weighted by Gasteiger charge is -2.24. The summed E-state index contributed by atoms with van der Waals surface area (Å²) in [5, 5.41) is -0.0527. The molecule has 1 rings (SSSR count). The Kier molecular flexibility index (Phi) is 6.68. The minimum absolute atomic E-state index is 0.0527. The quantitative estimate of drug-likeness (QED) is 0.814. The zero-order chi connectivity index (χ0) is 16.0. The van der Waals surface area contributed by atoms with Gasteiger partial charge in [-0.25, -0.2) is 4.39 Å². The molecule has 0 aliphatic rings. The summed E-state index contributed by atoms with van der Waals surface area (Å²) in [5.41, 5.74) is 6.57. The van der Waals surface area contributed by atoms with Gasteiger partial charge in [-0.1, -0.05) is 19.1 Å². The Morgan fingerprint density at radius 2 is 1.90 bits per heavy atom. The molecule has 1 aromatic rings. The first-order valence-corrected chi connectivity index (χ1v) is 8.12. The Morgan fingerprint density at radius 1 is 1.33 bits per heavy atom. The third-order valence-electron chi connectivity index (χ3n) is 2.86. The molecular formula is C16H24FNO2S. The minimum atomic E-state index is -0.490. The summed E-state index contributed by atoms with van der Waals surface area (Å²) >= 11 is 1.44. The maximum Gasteiger partial charge on any atom is 0.316 e. The number of nitrogens with two attached hydrogens (primary N) is 1. The highest BCUT2D eigenvalue weighted by molar-refractivity contribution is 8.00. The van der Waals surface area contributed by atoms with Gasteiger partial charge < -0.3 is 10.5 Å². The van der Waals surface area contributed by atoms with Gasteiger partial charge in [0.15, 0.2) is 0 Å². The lowest BCUT2D eigenvalue weighted by molar-refractivity contribution is -0.151. The van der Waals surface area contributed by atoms with Crippen LogP contribution in [0.25, 0.3) is 0 Å². The number of carbonyl (C=O) groups is 1. The number of thioether (sulfide) groups is 1. The van der Waals surface area contributed by atoms with E-state index in [1.165, 1.54) is 23.9 Å². The van der Waals surface area contributed by atoms with E-state index in [4.69, 9.17) is 10.5 Å². The first-order chi connectivity index (χ1) is 9.73. The average molecular weight is 313 g/mol. The average Bonchev–Trinajstić information content (AvgIpc) is 2.38. The molecule has 21 heavy (non-hydrogen) atoms. The number of hydrogen-bond acceptors (Lipinski definition) is 4. The first-order valence-electron chi connectivity index (χ1n) is 7.07. The highest BCUT2D eigenvalue weighted by Crippen LogP contribution is 2.33. The van der Waals surface area contributed by atoms with Crippen LogP contribution in [0.4, 0.5) is 4.39 Å². The van der Waals surface area contributed by atoms with E-state index in [1.807, 2.05) is 27.7 Å². The zero-order valence-electron chi connectivity index (χ0n) is 13.1. The van der Waals surface area contributed by atoms with Gasteiger partial charge in [0.05, 0.1) is 5.75 Å². The third kappa shape index (κ3) is 6.48. The van der Waals surface area contributed by atoms with E-state index in [2.05, 4.69) is 0 Å². The van der Waals surface area contributed by atoms with Gasteiger partial charge in [-0.05, 0) is 44.9 Å².